The quantitative estimate of drug-likeness (QED) is 0.857. The number of aryl methyl sites for hydroxylation is 1. The van der Waals surface area contributed by atoms with Crippen LogP contribution in [0.2, 0.25) is 0 Å². The predicted octanol–water partition coefficient (Wildman–Crippen LogP) is 2.39. The lowest BCUT2D eigenvalue weighted by Crippen LogP contribution is -2.24. The number of nitrogens with two attached hydrogens (primary N) is 1. The molecule has 0 saturated carbocycles. The Morgan fingerprint density at radius 3 is 2.89 bits per heavy atom. The molecule has 5 heteroatoms. The molecule has 0 radical (unpaired) electrons. The summed E-state index contributed by atoms with van der Waals surface area (Å²) in [5.41, 5.74) is 9.06. The molecule has 2 unspecified atom stereocenters. The normalized spacial score (nSPS) is 21.9. The number of halogens is 1. The molecular weight excluding hydrogens is 245 g/mol. The Kier molecular flexibility index (Phi) is 2.78. The van der Waals surface area contributed by atoms with E-state index < -0.39 is 0 Å². The first kappa shape index (κ1) is 12.2. The van der Waals surface area contributed by atoms with Crippen molar-refractivity contribution in [3.8, 4) is 5.75 Å². The molecule has 0 fully saturated rings. The summed E-state index contributed by atoms with van der Waals surface area (Å²) in [6, 6.07) is 4.36. The monoisotopic (exact) mass is 261 g/mol. The van der Waals surface area contributed by atoms with E-state index in [0.717, 1.165) is 16.8 Å². The third kappa shape index (κ3) is 2.00. The summed E-state index contributed by atoms with van der Waals surface area (Å²) >= 11 is 0. The maximum atomic E-state index is 13.3. The maximum Gasteiger partial charge on any atom is 0.129 e. The highest BCUT2D eigenvalue weighted by molar-refractivity contribution is 5.39. The Morgan fingerprint density at radius 1 is 1.42 bits per heavy atom. The fraction of sp³-hybridized carbons (Fsp3) is 0.357. The van der Waals surface area contributed by atoms with Gasteiger partial charge in [0.15, 0.2) is 0 Å². The molecule has 2 aromatic rings. The fourth-order valence-electron chi connectivity index (χ4n) is 2.50. The lowest BCUT2D eigenvalue weighted by atomic mass is 9.94. The van der Waals surface area contributed by atoms with E-state index in [9.17, 15) is 4.39 Å². The van der Waals surface area contributed by atoms with Gasteiger partial charge >= 0.3 is 0 Å². The number of ether oxygens (including phenoxy) is 1. The number of hydrogen-bond donors (Lipinski definition) is 1. The third-order valence-electron chi connectivity index (χ3n) is 3.73. The minimum Gasteiger partial charge on any atom is -0.485 e. The van der Waals surface area contributed by atoms with Gasteiger partial charge in [0.25, 0.3) is 0 Å². The van der Waals surface area contributed by atoms with Gasteiger partial charge in [0.05, 0.1) is 6.20 Å². The summed E-state index contributed by atoms with van der Waals surface area (Å²) < 4.78 is 21.0. The molecule has 0 amide bonds. The van der Waals surface area contributed by atoms with Gasteiger partial charge in [0.2, 0.25) is 0 Å². The van der Waals surface area contributed by atoms with Gasteiger partial charge in [-0.05, 0) is 13.0 Å². The average molecular weight is 261 g/mol. The Morgan fingerprint density at radius 2 is 2.21 bits per heavy atom. The van der Waals surface area contributed by atoms with Crippen molar-refractivity contribution >= 4 is 0 Å². The lowest BCUT2D eigenvalue weighted by Gasteiger charge is -2.30. The fourth-order valence-corrected chi connectivity index (χ4v) is 2.50. The molecule has 1 aromatic carbocycles. The first-order valence-electron chi connectivity index (χ1n) is 6.26. The maximum absolute atomic E-state index is 13.3. The number of benzene rings is 1. The third-order valence-corrected chi connectivity index (χ3v) is 3.73. The largest absolute Gasteiger partial charge is 0.485 e. The second kappa shape index (κ2) is 4.35. The van der Waals surface area contributed by atoms with E-state index in [-0.39, 0.29) is 18.0 Å². The van der Waals surface area contributed by atoms with Gasteiger partial charge in [0, 0.05) is 42.4 Å². The van der Waals surface area contributed by atoms with Crippen LogP contribution in [-0.2, 0) is 7.05 Å². The van der Waals surface area contributed by atoms with E-state index in [1.807, 2.05) is 14.0 Å². The number of rotatable bonds is 1. The van der Waals surface area contributed by atoms with Crippen molar-refractivity contribution in [2.75, 3.05) is 0 Å². The van der Waals surface area contributed by atoms with Crippen molar-refractivity contribution in [3.63, 3.8) is 0 Å². The van der Waals surface area contributed by atoms with Gasteiger partial charge in [0.1, 0.15) is 17.7 Å². The molecule has 1 aromatic heterocycles. The number of fused-ring (bicyclic) bond motifs is 1. The number of aromatic nitrogens is 2. The van der Waals surface area contributed by atoms with Crippen molar-refractivity contribution in [2.45, 2.75) is 25.5 Å². The summed E-state index contributed by atoms with van der Waals surface area (Å²) in [6.45, 7) is 1.98. The van der Waals surface area contributed by atoms with Crippen LogP contribution in [0.3, 0.4) is 0 Å². The Bertz CT molecular complexity index is 623. The molecule has 1 aliphatic heterocycles. The molecule has 4 nitrogen and oxygen atoms in total. The van der Waals surface area contributed by atoms with E-state index in [0.29, 0.717) is 12.2 Å². The van der Waals surface area contributed by atoms with Gasteiger partial charge in [-0.1, -0.05) is 6.07 Å². The van der Waals surface area contributed by atoms with Gasteiger partial charge in [-0.3, -0.25) is 4.68 Å². The molecule has 3 rings (SSSR count). The van der Waals surface area contributed by atoms with E-state index in [2.05, 4.69) is 5.10 Å². The highest BCUT2D eigenvalue weighted by Gasteiger charge is 2.29. The summed E-state index contributed by atoms with van der Waals surface area (Å²) in [5, 5.41) is 4.21. The zero-order valence-electron chi connectivity index (χ0n) is 10.9. The average Bonchev–Trinajstić information content (AvgIpc) is 2.69. The minimum atomic E-state index is -0.311. The first-order chi connectivity index (χ1) is 9.06. The Balaban J connectivity index is 1.98. The van der Waals surface area contributed by atoms with Gasteiger partial charge in [-0.2, -0.15) is 5.10 Å². The van der Waals surface area contributed by atoms with Crippen molar-refractivity contribution in [1.29, 1.82) is 0 Å². The van der Waals surface area contributed by atoms with Crippen LogP contribution >= 0.6 is 0 Å². The first-order valence-corrected chi connectivity index (χ1v) is 6.26. The van der Waals surface area contributed by atoms with Crippen LogP contribution in [0.25, 0.3) is 0 Å². The van der Waals surface area contributed by atoms with Crippen LogP contribution in [0.5, 0.6) is 5.75 Å². The topological polar surface area (TPSA) is 53.1 Å². The SMILES string of the molecule is Cc1c(C2CC(N)c3ccc(F)cc3O2)cnn1C. The van der Waals surface area contributed by atoms with Crippen LogP contribution in [0, 0.1) is 12.7 Å². The summed E-state index contributed by atoms with van der Waals surface area (Å²) in [5.74, 6) is 0.224. The molecule has 0 spiro atoms. The van der Waals surface area contributed by atoms with Gasteiger partial charge in [-0.25, -0.2) is 4.39 Å². The van der Waals surface area contributed by atoms with Crippen LogP contribution in [0.15, 0.2) is 24.4 Å². The number of hydrogen-bond acceptors (Lipinski definition) is 3. The zero-order valence-corrected chi connectivity index (χ0v) is 10.9. The molecule has 19 heavy (non-hydrogen) atoms. The minimum absolute atomic E-state index is 0.144. The Hall–Kier alpha value is -1.88. The molecule has 2 heterocycles. The second-order valence-corrected chi connectivity index (χ2v) is 4.94. The molecular formula is C14H16FN3O. The van der Waals surface area contributed by atoms with E-state index in [4.69, 9.17) is 10.5 Å². The van der Waals surface area contributed by atoms with Crippen LogP contribution < -0.4 is 10.5 Å². The molecule has 0 aliphatic carbocycles. The molecule has 1 aliphatic rings. The van der Waals surface area contributed by atoms with E-state index in [1.54, 1.807) is 16.9 Å². The highest BCUT2D eigenvalue weighted by atomic mass is 19.1. The standard InChI is InChI=1S/C14H16FN3O/c1-8-11(7-17-18(8)2)14-6-12(16)10-4-3-9(15)5-13(10)19-14/h3-5,7,12,14H,6,16H2,1-2H3. The summed E-state index contributed by atoms with van der Waals surface area (Å²) in [6.07, 6.45) is 2.29. The zero-order chi connectivity index (χ0) is 13.6. The predicted molar refractivity (Wildman–Crippen MR) is 69.3 cm³/mol. The van der Waals surface area contributed by atoms with Gasteiger partial charge in [-0.15, -0.1) is 0 Å². The van der Waals surface area contributed by atoms with Crippen LogP contribution in [0.1, 0.15) is 35.4 Å². The van der Waals surface area contributed by atoms with Crippen molar-refractivity contribution in [2.24, 2.45) is 12.8 Å². The van der Waals surface area contributed by atoms with Crippen molar-refractivity contribution in [1.82, 2.24) is 9.78 Å². The summed E-state index contributed by atoms with van der Waals surface area (Å²) in [7, 11) is 1.88. The van der Waals surface area contributed by atoms with Crippen molar-refractivity contribution < 1.29 is 9.13 Å². The molecule has 2 N–H and O–H groups in total. The summed E-state index contributed by atoms with van der Waals surface area (Å²) in [4.78, 5) is 0. The second-order valence-electron chi connectivity index (χ2n) is 4.94. The molecule has 0 saturated heterocycles. The molecule has 2 atom stereocenters. The van der Waals surface area contributed by atoms with Crippen LogP contribution in [0.4, 0.5) is 4.39 Å². The Labute approximate surface area is 111 Å². The van der Waals surface area contributed by atoms with Crippen LogP contribution in [-0.4, -0.2) is 9.78 Å². The van der Waals surface area contributed by atoms with Gasteiger partial charge < -0.3 is 10.5 Å². The number of nitrogens with zero attached hydrogens (tertiary/aromatic N) is 2. The lowest BCUT2D eigenvalue weighted by molar-refractivity contribution is 0.160. The van der Waals surface area contributed by atoms with Crippen molar-refractivity contribution in [3.05, 3.63) is 47.0 Å². The van der Waals surface area contributed by atoms with E-state index >= 15 is 0 Å². The molecule has 0 bridgehead atoms. The van der Waals surface area contributed by atoms with E-state index in [1.165, 1.54) is 12.1 Å². The highest BCUT2D eigenvalue weighted by Crippen LogP contribution is 2.40. The molecule has 100 valence electrons. The smallest absolute Gasteiger partial charge is 0.129 e.